The molecule has 0 saturated carbocycles. The molecule has 2 heterocycles. The monoisotopic (exact) mass is 422 g/mol. The van der Waals surface area contributed by atoms with Crippen LogP contribution in [0, 0.1) is 0 Å². The highest BCUT2D eigenvalue weighted by Crippen LogP contribution is 2.30. The Morgan fingerprint density at radius 3 is 2.79 bits per heavy atom. The average molecular weight is 423 g/mol. The highest BCUT2D eigenvalue weighted by atomic mass is 35.5. The maximum Gasteiger partial charge on any atom is 0.244 e. The van der Waals surface area contributed by atoms with E-state index in [1.54, 1.807) is 23.1 Å². The first-order valence-electron chi connectivity index (χ1n) is 8.55. The highest BCUT2D eigenvalue weighted by Gasteiger charge is 2.25. The Hall–Kier alpha value is -2.49. The van der Waals surface area contributed by atoms with Crippen molar-refractivity contribution < 1.29 is 18.0 Å². The van der Waals surface area contributed by atoms with Gasteiger partial charge in [0.15, 0.2) is 0 Å². The molecular weight excluding hydrogens is 404 g/mol. The Balaban J connectivity index is 1.72. The summed E-state index contributed by atoms with van der Waals surface area (Å²) in [6.07, 6.45) is 3.95. The standard InChI is InChI=1S/C18H19ClN4O4S/c1-22(28(26,27)14-4-2-8-20-11-14)12-17(24)21-16-10-13(6-7-15(16)19)23-9-3-5-18(23)25/h2,4,6-8,10-11H,3,5,9,12H2,1H3,(H,21,24). The highest BCUT2D eigenvalue weighted by molar-refractivity contribution is 7.89. The second-order valence-corrected chi connectivity index (χ2v) is 8.76. The number of pyridine rings is 1. The minimum Gasteiger partial charge on any atom is -0.324 e. The summed E-state index contributed by atoms with van der Waals surface area (Å²) in [6.45, 7) is 0.209. The first-order chi connectivity index (χ1) is 13.3. The molecule has 2 aromatic rings. The molecule has 0 spiro atoms. The lowest BCUT2D eigenvalue weighted by Gasteiger charge is -2.19. The van der Waals surface area contributed by atoms with Crippen molar-refractivity contribution in [3.8, 4) is 0 Å². The van der Waals surface area contributed by atoms with Gasteiger partial charge in [0, 0.05) is 38.1 Å². The summed E-state index contributed by atoms with van der Waals surface area (Å²) in [5.41, 5.74) is 0.953. The van der Waals surface area contributed by atoms with Crippen LogP contribution in [-0.4, -0.2) is 49.7 Å². The quantitative estimate of drug-likeness (QED) is 0.768. The Morgan fingerprint density at radius 2 is 2.14 bits per heavy atom. The number of anilines is 2. The van der Waals surface area contributed by atoms with E-state index in [-0.39, 0.29) is 10.8 Å². The fraction of sp³-hybridized carbons (Fsp3) is 0.278. The maximum atomic E-state index is 12.5. The molecule has 1 aliphatic rings. The smallest absolute Gasteiger partial charge is 0.244 e. The second kappa shape index (κ2) is 8.26. The molecule has 3 rings (SSSR count). The van der Waals surface area contributed by atoms with Gasteiger partial charge in [0.25, 0.3) is 0 Å². The fourth-order valence-electron chi connectivity index (χ4n) is 2.85. The molecule has 0 atom stereocenters. The number of amides is 2. The lowest BCUT2D eigenvalue weighted by atomic mass is 10.2. The summed E-state index contributed by atoms with van der Waals surface area (Å²) in [5.74, 6) is -0.538. The SMILES string of the molecule is CN(CC(=O)Nc1cc(N2CCCC2=O)ccc1Cl)S(=O)(=O)c1cccnc1. The van der Waals surface area contributed by atoms with Gasteiger partial charge in [-0.05, 0) is 36.8 Å². The predicted molar refractivity (Wildman–Crippen MR) is 106 cm³/mol. The molecule has 10 heteroatoms. The van der Waals surface area contributed by atoms with Crippen molar-refractivity contribution in [3.63, 3.8) is 0 Å². The molecular formula is C18H19ClN4O4S. The number of carbonyl (C=O) groups is 2. The average Bonchev–Trinajstić information content (AvgIpc) is 3.10. The third-order valence-electron chi connectivity index (χ3n) is 4.32. The van der Waals surface area contributed by atoms with Gasteiger partial charge in [-0.2, -0.15) is 4.31 Å². The van der Waals surface area contributed by atoms with Crippen LogP contribution in [0.3, 0.4) is 0 Å². The van der Waals surface area contributed by atoms with E-state index in [1.165, 1.54) is 31.6 Å². The molecule has 0 unspecified atom stereocenters. The molecule has 1 aliphatic heterocycles. The number of likely N-dealkylation sites (N-methyl/N-ethyl adjacent to an activating group) is 1. The van der Waals surface area contributed by atoms with Crippen molar-refractivity contribution in [3.05, 3.63) is 47.7 Å². The molecule has 148 valence electrons. The van der Waals surface area contributed by atoms with Gasteiger partial charge in [0.2, 0.25) is 21.8 Å². The van der Waals surface area contributed by atoms with E-state index in [9.17, 15) is 18.0 Å². The Kier molecular flexibility index (Phi) is 5.97. The van der Waals surface area contributed by atoms with Crippen molar-refractivity contribution in [1.82, 2.24) is 9.29 Å². The van der Waals surface area contributed by atoms with Crippen LogP contribution in [-0.2, 0) is 19.6 Å². The molecule has 0 radical (unpaired) electrons. The number of carbonyl (C=O) groups excluding carboxylic acids is 2. The van der Waals surface area contributed by atoms with Crippen molar-refractivity contribution in [2.45, 2.75) is 17.7 Å². The van der Waals surface area contributed by atoms with Crippen LogP contribution in [0.15, 0.2) is 47.6 Å². The summed E-state index contributed by atoms with van der Waals surface area (Å²) >= 11 is 6.15. The second-order valence-electron chi connectivity index (χ2n) is 6.31. The van der Waals surface area contributed by atoms with Crippen LogP contribution in [0.25, 0.3) is 0 Å². The molecule has 0 aliphatic carbocycles. The number of hydrogen-bond acceptors (Lipinski definition) is 5. The van der Waals surface area contributed by atoms with Crippen LogP contribution >= 0.6 is 11.6 Å². The van der Waals surface area contributed by atoms with Gasteiger partial charge in [-0.15, -0.1) is 0 Å². The van der Waals surface area contributed by atoms with Crippen molar-refractivity contribution >= 4 is 44.8 Å². The van der Waals surface area contributed by atoms with Gasteiger partial charge >= 0.3 is 0 Å². The van der Waals surface area contributed by atoms with Crippen molar-refractivity contribution in [2.24, 2.45) is 0 Å². The topological polar surface area (TPSA) is 99.7 Å². The minimum atomic E-state index is -3.84. The molecule has 2 amide bonds. The maximum absolute atomic E-state index is 12.5. The molecule has 8 nitrogen and oxygen atoms in total. The van der Waals surface area contributed by atoms with E-state index in [1.807, 2.05) is 0 Å². The molecule has 28 heavy (non-hydrogen) atoms. The van der Waals surface area contributed by atoms with Crippen LogP contribution in [0.2, 0.25) is 5.02 Å². The first-order valence-corrected chi connectivity index (χ1v) is 10.4. The molecule has 1 saturated heterocycles. The number of hydrogen-bond donors (Lipinski definition) is 1. The van der Waals surface area contributed by atoms with Gasteiger partial charge in [0.05, 0.1) is 17.3 Å². The van der Waals surface area contributed by atoms with E-state index >= 15 is 0 Å². The van der Waals surface area contributed by atoms with Crippen LogP contribution in [0.5, 0.6) is 0 Å². The molecule has 0 bridgehead atoms. The zero-order valence-corrected chi connectivity index (χ0v) is 16.7. The number of nitrogens with zero attached hydrogens (tertiary/aromatic N) is 3. The van der Waals surface area contributed by atoms with Gasteiger partial charge < -0.3 is 10.2 Å². The molecule has 1 aromatic carbocycles. The third kappa shape index (κ3) is 4.32. The number of rotatable bonds is 6. The van der Waals surface area contributed by atoms with E-state index in [4.69, 9.17) is 11.6 Å². The summed E-state index contributed by atoms with van der Waals surface area (Å²) in [7, 11) is -2.53. The predicted octanol–water partition coefficient (Wildman–Crippen LogP) is 2.12. The summed E-state index contributed by atoms with van der Waals surface area (Å²) in [6, 6.07) is 7.82. The van der Waals surface area contributed by atoms with E-state index in [2.05, 4.69) is 10.3 Å². The largest absolute Gasteiger partial charge is 0.324 e. The third-order valence-corrected chi connectivity index (χ3v) is 6.43. The molecule has 1 aromatic heterocycles. The minimum absolute atomic E-state index is 0.00197. The number of aromatic nitrogens is 1. The number of halogens is 1. The van der Waals surface area contributed by atoms with Gasteiger partial charge in [-0.1, -0.05) is 11.6 Å². The lowest BCUT2D eigenvalue weighted by molar-refractivity contribution is -0.117. The summed E-state index contributed by atoms with van der Waals surface area (Å²) in [4.78, 5) is 29.7. The lowest BCUT2D eigenvalue weighted by Crippen LogP contribution is -2.35. The van der Waals surface area contributed by atoms with E-state index in [0.717, 1.165) is 10.7 Å². The van der Waals surface area contributed by atoms with Crippen molar-refractivity contribution in [2.75, 3.05) is 30.4 Å². The van der Waals surface area contributed by atoms with Gasteiger partial charge in [0.1, 0.15) is 4.90 Å². The van der Waals surface area contributed by atoms with Gasteiger partial charge in [-0.25, -0.2) is 8.42 Å². The van der Waals surface area contributed by atoms with E-state index < -0.39 is 22.5 Å². The normalized spacial score (nSPS) is 14.5. The number of sulfonamides is 1. The number of nitrogens with one attached hydrogen (secondary N) is 1. The zero-order valence-electron chi connectivity index (χ0n) is 15.1. The summed E-state index contributed by atoms with van der Waals surface area (Å²) < 4.78 is 25.9. The van der Waals surface area contributed by atoms with Crippen LogP contribution < -0.4 is 10.2 Å². The zero-order chi connectivity index (χ0) is 20.3. The van der Waals surface area contributed by atoms with E-state index in [0.29, 0.717) is 29.4 Å². The summed E-state index contributed by atoms with van der Waals surface area (Å²) in [5, 5.41) is 2.91. The Bertz CT molecular complexity index is 998. The Morgan fingerprint density at radius 1 is 1.36 bits per heavy atom. The van der Waals surface area contributed by atoms with Crippen LogP contribution in [0.1, 0.15) is 12.8 Å². The first kappa shape index (κ1) is 20.2. The number of benzene rings is 1. The Labute approximate surface area is 168 Å². The molecule has 1 N–H and O–H groups in total. The van der Waals surface area contributed by atoms with Crippen LogP contribution in [0.4, 0.5) is 11.4 Å². The fourth-order valence-corrected chi connectivity index (χ4v) is 4.11. The van der Waals surface area contributed by atoms with Crippen molar-refractivity contribution in [1.29, 1.82) is 0 Å². The molecule has 1 fully saturated rings. The van der Waals surface area contributed by atoms with Gasteiger partial charge in [-0.3, -0.25) is 14.6 Å².